The lowest BCUT2D eigenvalue weighted by Crippen LogP contribution is -2.13. The van der Waals surface area contributed by atoms with Crippen LogP contribution in [-0.2, 0) is 6.54 Å². The summed E-state index contributed by atoms with van der Waals surface area (Å²) in [6, 6.07) is 11.7. The Hall–Kier alpha value is -3.45. The van der Waals surface area contributed by atoms with Gasteiger partial charge in [-0.15, -0.1) is 0 Å². The van der Waals surface area contributed by atoms with E-state index in [1.165, 1.54) is 12.4 Å². The molecule has 158 valence electrons. The lowest BCUT2D eigenvalue weighted by Gasteiger charge is -2.11. The van der Waals surface area contributed by atoms with Crippen LogP contribution < -0.4 is 5.32 Å². The summed E-state index contributed by atoms with van der Waals surface area (Å²) in [7, 11) is 0. The standard InChI is InChI=1S/C23H20ClFN4O2/c1-13-9-15(3-4-16(13)23(30)31)20-11-21(28-12-27-20)26-7-8-29-14(2)10-17-18(24)5-6-19(25)22(17)29/h3-6,9-12H,7-8H2,1-2H3,(H,30,31)(H,26,27,28). The van der Waals surface area contributed by atoms with E-state index >= 15 is 0 Å². The minimum absolute atomic E-state index is 0.262. The van der Waals surface area contributed by atoms with Crippen LogP contribution >= 0.6 is 11.6 Å². The monoisotopic (exact) mass is 438 g/mol. The number of hydrogen-bond donors (Lipinski definition) is 2. The summed E-state index contributed by atoms with van der Waals surface area (Å²) in [5.41, 5.74) is 3.81. The molecule has 0 fully saturated rings. The van der Waals surface area contributed by atoms with Crippen molar-refractivity contribution in [1.29, 1.82) is 0 Å². The summed E-state index contributed by atoms with van der Waals surface area (Å²) in [5, 5.41) is 13.7. The van der Waals surface area contributed by atoms with Crippen molar-refractivity contribution < 1.29 is 14.3 Å². The van der Waals surface area contributed by atoms with E-state index in [9.17, 15) is 14.3 Å². The zero-order chi connectivity index (χ0) is 22.1. The SMILES string of the molecule is Cc1cc(-c2cc(NCCn3c(C)cc4c(Cl)ccc(F)c43)ncn2)ccc1C(=O)O. The predicted molar refractivity (Wildman–Crippen MR) is 119 cm³/mol. The highest BCUT2D eigenvalue weighted by molar-refractivity contribution is 6.35. The summed E-state index contributed by atoms with van der Waals surface area (Å²) in [6.07, 6.45) is 1.45. The number of fused-ring (bicyclic) bond motifs is 1. The molecule has 6 nitrogen and oxygen atoms in total. The molecule has 0 saturated heterocycles. The van der Waals surface area contributed by atoms with Crippen LogP contribution in [0.5, 0.6) is 0 Å². The Morgan fingerprint density at radius 3 is 2.71 bits per heavy atom. The number of nitrogens with zero attached hydrogens (tertiary/aromatic N) is 3. The molecule has 2 aromatic carbocycles. The number of carboxylic acids is 1. The summed E-state index contributed by atoms with van der Waals surface area (Å²) >= 11 is 6.21. The number of aromatic nitrogens is 3. The van der Waals surface area contributed by atoms with Gasteiger partial charge in [0.2, 0.25) is 0 Å². The summed E-state index contributed by atoms with van der Waals surface area (Å²) < 4.78 is 16.3. The van der Waals surface area contributed by atoms with Crippen LogP contribution in [0.25, 0.3) is 22.2 Å². The quantitative estimate of drug-likeness (QED) is 0.426. The van der Waals surface area contributed by atoms with Gasteiger partial charge >= 0.3 is 5.97 Å². The first-order valence-corrected chi connectivity index (χ1v) is 10.1. The second-order valence-electron chi connectivity index (χ2n) is 7.28. The van der Waals surface area contributed by atoms with Crippen LogP contribution in [0.2, 0.25) is 5.02 Å². The Morgan fingerprint density at radius 2 is 1.97 bits per heavy atom. The molecule has 2 heterocycles. The van der Waals surface area contributed by atoms with Crippen LogP contribution in [0.1, 0.15) is 21.6 Å². The van der Waals surface area contributed by atoms with Gasteiger partial charge in [0.1, 0.15) is 18.0 Å². The number of anilines is 1. The molecule has 0 unspecified atom stereocenters. The maximum Gasteiger partial charge on any atom is 0.335 e. The van der Waals surface area contributed by atoms with Crippen molar-refractivity contribution in [2.75, 3.05) is 11.9 Å². The zero-order valence-electron chi connectivity index (χ0n) is 17.0. The van der Waals surface area contributed by atoms with Gasteiger partial charge in [0.05, 0.1) is 21.8 Å². The second kappa shape index (κ2) is 8.35. The molecule has 0 bridgehead atoms. The molecule has 2 aromatic heterocycles. The minimum atomic E-state index is -0.959. The number of carbonyl (C=O) groups is 1. The number of nitrogens with one attached hydrogen (secondary N) is 1. The summed E-state index contributed by atoms with van der Waals surface area (Å²) in [4.78, 5) is 19.8. The molecule has 0 aliphatic carbocycles. The van der Waals surface area contributed by atoms with Crippen molar-refractivity contribution in [2.24, 2.45) is 0 Å². The van der Waals surface area contributed by atoms with Gasteiger partial charge < -0.3 is 15.0 Å². The number of benzene rings is 2. The van der Waals surface area contributed by atoms with Gasteiger partial charge in [-0.05, 0) is 49.7 Å². The maximum atomic E-state index is 14.4. The molecule has 0 radical (unpaired) electrons. The number of rotatable bonds is 6. The third-order valence-corrected chi connectivity index (χ3v) is 5.55. The van der Waals surface area contributed by atoms with Crippen LogP contribution in [0.4, 0.5) is 10.2 Å². The first-order valence-electron chi connectivity index (χ1n) is 9.69. The van der Waals surface area contributed by atoms with Crippen molar-refractivity contribution >= 4 is 34.3 Å². The molecule has 0 saturated carbocycles. The largest absolute Gasteiger partial charge is 0.478 e. The van der Waals surface area contributed by atoms with Crippen molar-refractivity contribution in [3.63, 3.8) is 0 Å². The van der Waals surface area contributed by atoms with E-state index in [0.29, 0.717) is 46.1 Å². The Kier molecular flexibility index (Phi) is 5.61. The van der Waals surface area contributed by atoms with Gasteiger partial charge in [-0.1, -0.05) is 17.7 Å². The molecule has 8 heteroatoms. The lowest BCUT2D eigenvalue weighted by molar-refractivity contribution is 0.0696. The Bertz CT molecular complexity index is 1300. The van der Waals surface area contributed by atoms with Crippen molar-refractivity contribution in [3.8, 4) is 11.3 Å². The fourth-order valence-electron chi connectivity index (χ4n) is 3.69. The van der Waals surface area contributed by atoms with E-state index in [1.807, 2.05) is 17.6 Å². The summed E-state index contributed by atoms with van der Waals surface area (Å²) in [6.45, 7) is 4.71. The Labute approximate surface area is 183 Å². The fraction of sp³-hybridized carbons (Fsp3) is 0.174. The van der Waals surface area contributed by atoms with Gasteiger partial charge in [-0.2, -0.15) is 0 Å². The van der Waals surface area contributed by atoms with E-state index < -0.39 is 5.97 Å². The number of halogens is 2. The average molecular weight is 439 g/mol. The molecule has 2 N–H and O–H groups in total. The van der Waals surface area contributed by atoms with Gasteiger partial charge in [-0.25, -0.2) is 19.2 Å². The van der Waals surface area contributed by atoms with Crippen molar-refractivity contribution in [2.45, 2.75) is 20.4 Å². The van der Waals surface area contributed by atoms with Gasteiger partial charge in [0.25, 0.3) is 0 Å². The molecule has 4 aromatic rings. The molecular weight excluding hydrogens is 419 g/mol. The number of hydrogen-bond acceptors (Lipinski definition) is 4. The van der Waals surface area contributed by atoms with E-state index in [1.54, 1.807) is 37.3 Å². The van der Waals surface area contributed by atoms with Gasteiger partial charge in [-0.3, -0.25) is 0 Å². The number of aromatic carboxylic acids is 1. The van der Waals surface area contributed by atoms with Gasteiger partial charge in [0, 0.05) is 35.8 Å². The highest BCUT2D eigenvalue weighted by Crippen LogP contribution is 2.29. The molecular formula is C23H20ClFN4O2. The number of carboxylic acid groups (broad SMARTS) is 1. The third-order valence-electron chi connectivity index (χ3n) is 5.22. The fourth-order valence-corrected chi connectivity index (χ4v) is 3.90. The van der Waals surface area contributed by atoms with Crippen LogP contribution in [0, 0.1) is 19.7 Å². The van der Waals surface area contributed by atoms with E-state index in [4.69, 9.17) is 11.6 Å². The molecule has 0 aliphatic rings. The zero-order valence-corrected chi connectivity index (χ0v) is 17.7. The van der Waals surface area contributed by atoms with Gasteiger partial charge in [0.15, 0.2) is 0 Å². The first-order chi connectivity index (χ1) is 14.8. The lowest BCUT2D eigenvalue weighted by atomic mass is 10.0. The Balaban J connectivity index is 1.52. The van der Waals surface area contributed by atoms with Crippen LogP contribution in [0.15, 0.2) is 48.8 Å². The second-order valence-corrected chi connectivity index (χ2v) is 7.69. The highest BCUT2D eigenvalue weighted by Gasteiger charge is 2.13. The molecule has 0 spiro atoms. The third kappa shape index (κ3) is 4.09. The van der Waals surface area contributed by atoms with Crippen molar-refractivity contribution in [1.82, 2.24) is 14.5 Å². The van der Waals surface area contributed by atoms with Crippen LogP contribution in [-0.4, -0.2) is 32.2 Å². The van der Waals surface area contributed by atoms with E-state index in [0.717, 1.165) is 11.3 Å². The Morgan fingerprint density at radius 1 is 1.16 bits per heavy atom. The normalized spacial score (nSPS) is 11.1. The van der Waals surface area contributed by atoms with Crippen molar-refractivity contribution in [3.05, 3.63) is 76.5 Å². The topological polar surface area (TPSA) is 80.0 Å². The molecule has 0 aliphatic heterocycles. The minimum Gasteiger partial charge on any atom is -0.478 e. The molecule has 0 atom stereocenters. The molecule has 31 heavy (non-hydrogen) atoms. The molecule has 0 amide bonds. The smallest absolute Gasteiger partial charge is 0.335 e. The first kappa shape index (κ1) is 20.8. The summed E-state index contributed by atoms with van der Waals surface area (Å²) in [5.74, 6) is -0.644. The molecule has 4 rings (SSSR count). The van der Waals surface area contributed by atoms with E-state index in [-0.39, 0.29) is 11.4 Å². The predicted octanol–water partition coefficient (Wildman–Crippen LogP) is 5.32. The van der Waals surface area contributed by atoms with Crippen LogP contribution in [0.3, 0.4) is 0 Å². The highest BCUT2D eigenvalue weighted by atomic mass is 35.5. The van der Waals surface area contributed by atoms with E-state index in [2.05, 4.69) is 15.3 Å². The number of aryl methyl sites for hydroxylation is 2. The maximum absolute atomic E-state index is 14.4. The average Bonchev–Trinajstić information content (AvgIpc) is 3.08.